The predicted octanol–water partition coefficient (Wildman–Crippen LogP) is 7.95. The van der Waals surface area contributed by atoms with Crippen LogP contribution in [0.25, 0.3) is 0 Å². The summed E-state index contributed by atoms with van der Waals surface area (Å²) in [5.74, 6) is 1.81. The minimum atomic E-state index is 0.508. The molecule has 3 heteroatoms. The first-order chi connectivity index (χ1) is 13.1. The molecular weight excluding hydrogens is 348 g/mol. The summed E-state index contributed by atoms with van der Waals surface area (Å²) >= 11 is 1.95. The number of thioether (sulfide) groups is 1. The third-order valence-electron chi connectivity index (χ3n) is 4.51. The summed E-state index contributed by atoms with van der Waals surface area (Å²) < 4.78 is 0. The smallest absolute Gasteiger partial charge is 0.0481 e. The zero-order valence-corrected chi connectivity index (χ0v) is 18.2. The number of rotatable bonds is 12. The van der Waals surface area contributed by atoms with Crippen LogP contribution < -0.4 is 10.6 Å². The van der Waals surface area contributed by atoms with Gasteiger partial charge >= 0.3 is 0 Å². The van der Waals surface area contributed by atoms with Crippen molar-refractivity contribution in [3.05, 3.63) is 48.5 Å². The van der Waals surface area contributed by atoms with Gasteiger partial charge in [0.05, 0.1) is 0 Å². The van der Waals surface area contributed by atoms with E-state index >= 15 is 0 Å². The number of hydrogen-bond donors (Lipinski definition) is 2. The molecule has 0 heterocycles. The highest BCUT2D eigenvalue weighted by molar-refractivity contribution is 7.99. The van der Waals surface area contributed by atoms with Gasteiger partial charge in [-0.15, -0.1) is 11.8 Å². The second-order valence-corrected chi connectivity index (χ2v) is 8.86. The molecule has 0 aliphatic heterocycles. The third-order valence-corrected chi connectivity index (χ3v) is 5.99. The van der Waals surface area contributed by atoms with Crippen LogP contribution in [0.5, 0.6) is 0 Å². The van der Waals surface area contributed by atoms with E-state index in [0.717, 1.165) is 17.1 Å². The maximum Gasteiger partial charge on any atom is 0.0481 e. The molecule has 2 aromatic rings. The molecule has 27 heavy (non-hydrogen) atoms. The number of unbranched alkanes of at least 4 members (excludes halogenated alkanes) is 3. The lowest BCUT2D eigenvalue weighted by Crippen LogP contribution is -2.15. The minimum absolute atomic E-state index is 0.508. The molecule has 2 aromatic carbocycles. The zero-order chi connectivity index (χ0) is 19.5. The Bertz CT molecular complexity index is 655. The molecule has 0 bridgehead atoms. The molecule has 0 radical (unpaired) electrons. The van der Waals surface area contributed by atoms with Crippen LogP contribution in [0.1, 0.15) is 59.8 Å². The van der Waals surface area contributed by atoms with Crippen molar-refractivity contribution >= 4 is 28.8 Å². The molecule has 0 aliphatic carbocycles. The van der Waals surface area contributed by atoms with Gasteiger partial charge in [0.15, 0.2) is 0 Å². The van der Waals surface area contributed by atoms with Gasteiger partial charge in [-0.1, -0.05) is 64.7 Å². The third kappa shape index (κ3) is 8.30. The lowest BCUT2D eigenvalue weighted by atomic mass is 10.1. The van der Waals surface area contributed by atoms with Crippen molar-refractivity contribution < 1.29 is 0 Å². The van der Waals surface area contributed by atoms with Crippen LogP contribution in [0.4, 0.5) is 17.1 Å². The Labute approximate surface area is 170 Å². The van der Waals surface area contributed by atoms with Crippen molar-refractivity contribution in [3.8, 4) is 0 Å². The maximum atomic E-state index is 3.75. The molecule has 0 amide bonds. The fourth-order valence-corrected chi connectivity index (χ4v) is 4.00. The SMILES string of the molecule is CCCCCCC(C)Nc1ccc(Nc2ccccc2)cc1SCC(C)C. The van der Waals surface area contributed by atoms with E-state index < -0.39 is 0 Å². The molecule has 0 saturated heterocycles. The van der Waals surface area contributed by atoms with Gasteiger partial charge in [-0.05, 0) is 49.6 Å². The number of anilines is 3. The largest absolute Gasteiger partial charge is 0.382 e. The quantitative estimate of drug-likeness (QED) is 0.287. The Morgan fingerprint density at radius 1 is 0.889 bits per heavy atom. The molecule has 0 saturated carbocycles. The molecule has 0 spiro atoms. The standard InChI is InChI=1S/C24H36N2S/c1-5-6-7-9-12-20(4)25-23-16-15-22(17-24(23)27-18-19(2)3)26-21-13-10-8-11-14-21/h8,10-11,13-17,19-20,25-26H,5-7,9,12,18H2,1-4H3. The topological polar surface area (TPSA) is 24.1 Å². The maximum absolute atomic E-state index is 3.75. The molecule has 0 fully saturated rings. The van der Waals surface area contributed by atoms with Gasteiger partial charge in [0.25, 0.3) is 0 Å². The molecule has 2 rings (SSSR count). The van der Waals surface area contributed by atoms with Crippen LogP contribution in [0.15, 0.2) is 53.4 Å². The van der Waals surface area contributed by atoms with Crippen LogP contribution in [0.2, 0.25) is 0 Å². The second kappa shape index (κ2) is 12.0. The van der Waals surface area contributed by atoms with Crippen LogP contribution in [-0.4, -0.2) is 11.8 Å². The summed E-state index contributed by atoms with van der Waals surface area (Å²) in [5, 5.41) is 7.27. The van der Waals surface area contributed by atoms with E-state index in [1.165, 1.54) is 42.7 Å². The number of para-hydroxylation sites is 1. The van der Waals surface area contributed by atoms with Gasteiger partial charge in [-0.2, -0.15) is 0 Å². The van der Waals surface area contributed by atoms with E-state index in [9.17, 15) is 0 Å². The zero-order valence-electron chi connectivity index (χ0n) is 17.4. The van der Waals surface area contributed by atoms with Gasteiger partial charge in [0.2, 0.25) is 0 Å². The van der Waals surface area contributed by atoms with E-state index in [4.69, 9.17) is 0 Å². The average molecular weight is 385 g/mol. The second-order valence-electron chi connectivity index (χ2n) is 7.80. The van der Waals surface area contributed by atoms with E-state index in [-0.39, 0.29) is 0 Å². The molecule has 2 N–H and O–H groups in total. The molecule has 2 nitrogen and oxygen atoms in total. The lowest BCUT2D eigenvalue weighted by Gasteiger charge is -2.19. The van der Waals surface area contributed by atoms with Crippen molar-refractivity contribution in [3.63, 3.8) is 0 Å². The average Bonchev–Trinajstić information content (AvgIpc) is 2.66. The van der Waals surface area contributed by atoms with Crippen LogP contribution in [0.3, 0.4) is 0 Å². The summed E-state index contributed by atoms with van der Waals surface area (Å²) in [4.78, 5) is 1.34. The summed E-state index contributed by atoms with van der Waals surface area (Å²) in [6, 6.07) is 17.6. The first kappa shape index (κ1) is 21.7. The molecule has 148 valence electrons. The summed E-state index contributed by atoms with van der Waals surface area (Å²) in [7, 11) is 0. The summed E-state index contributed by atoms with van der Waals surface area (Å²) in [5.41, 5.74) is 3.54. The minimum Gasteiger partial charge on any atom is -0.382 e. The molecule has 0 aliphatic rings. The van der Waals surface area contributed by atoms with Crippen molar-refractivity contribution in [2.75, 3.05) is 16.4 Å². The van der Waals surface area contributed by atoms with Crippen molar-refractivity contribution in [2.45, 2.75) is 70.7 Å². The van der Waals surface area contributed by atoms with E-state index in [2.05, 4.69) is 80.8 Å². The number of hydrogen-bond acceptors (Lipinski definition) is 3. The predicted molar refractivity (Wildman–Crippen MR) is 124 cm³/mol. The Morgan fingerprint density at radius 3 is 2.37 bits per heavy atom. The molecule has 0 aromatic heterocycles. The van der Waals surface area contributed by atoms with Gasteiger partial charge in [0.1, 0.15) is 0 Å². The highest BCUT2D eigenvalue weighted by Gasteiger charge is 2.09. The van der Waals surface area contributed by atoms with E-state index in [1.54, 1.807) is 0 Å². The molecular formula is C24H36N2S. The first-order valence-corrected chi connectivity index (χ1v) is 11.4. The Balaban J connectivity index is 2.05. The Kier molecular flexibility index (Phi) is 9.61. The van der Waals surface area contributed by atoms with Gasteiger partial charge < -0.3 is 10.6 Å². The van der Waals surface area contributed by atoms with Crippen LogP contribution >= 0.6 is 11.8 Å². The lowest BCUT2D eigenvalue weighted by molar-refractivity contribution is 0.593. The number of nitrogens with one attached hydrogen (secondary N) is 2. The normalized spacial score (nSPS) is 12.2. The number of benzene rings is 2. The van der Waals surface area contributed by atoms with E-state index in [0.29, 0.717) is 12.0 Å². The summed E-state index contributed by atoms with van der Waals surface area (Å²) in [6.07, 6.45) is 6.54. The van der Waals surface area contributed by atoms with Crippen LogP contribution in [0, 0.1) is 5.92 Å². The van der Waals surface area contributed by atoms with Gasteiger partial charge in [-0.25, -0.2) is 0 Å². The fraction of sp³-hybridized carbons (Fsp3) is 0.500. The van der Waals surface area contributed by atoms with Crippen molar-refractivity contribution in [1.29, 1.82) is 0 Å². The first-order valence-electron chi connectivity index (χ1n) is 10.4. The Morgan fingerprint density at radius 2 is 1.67 bits per heavy atom. The highest BCUT2D eigenvalue weighted by atomic mass is 32.2. The summed E-state index contributed by atoms with van der Waals surface area (Å²) in [6.45, 7) is 9.13. The Hall–Kier alpha value is -1.61. The van der Waals surface area contributed by atoms with Gasteiger partial charge in [-0.3, -0.25) is 0 Å². The monoisotopic (exact) mass is 384 g/mol. The van der Waals surface area contributed by atoms with Crippen molar-refractivity contribution in [1.82, 2.24) is 0 Å². The van der Waals surface area contributed by atoms with E-state index in [1.807, 2.05) is 17.8 Å². The molecule has 1 atom stereocenters. The van der Waals surface area contributed by atoms with Gasteiger partial charge in [0, 0.05) is 33.8 Å². The highest BCUT2D eigenvalue weighted by Crippen LogP contribution is 2.33. The molecule has 1 unspecified atom stereocenters. The van der Waals surface area contributed by atoms with Crippen molar-refractivity contribution in [2.24, 2.45) is 5.92 Å². The fourth-order valence-electron chi connectivity index (χ4n) is 3.00. The van der Waals surface area contributed by atoms with Crippen LogP contribution in [-0.2, 0) is 0 Å².